The molecule has 0 amide bonds. The number of Topliss-reactive ketones (excluding diaryl/α,β-unsaturated/α-hetero) is 1. The molecule has 0 heterocycles. The van der Waals surface area contributed by atoms with Gasteiger partial charge >= 0.3 is 0 Å². The van der Waals surface area contributed by atoms with Gasteiger partial charge in [0, 0.05) is 18.4 Å². The Morgan fingerprint density at radius 2 is 1.78 bits per heavy atom. The largest absolute Gasteiger partial charge is 0.496 e. The van der Waals surface area contributed by atoms with Crippen LogP contribution in [0, 0.1) is 0 Å². The number of hydrogen-bond donors (Lipinski definition) is 1. The van der Waals surface area contributed by atoms with E-state index in [0.29, 0.717) is 31.4 Å². The van der Waals surface area contributed by atoms with Crippen LogP contribution in [0.15, 0.2) is 37.4 Å². The van der Waals surface area contributed by atoms with Gasteiger partial charge in [-0.25, -0.2) is 0 Å². The summed E-state index contributed by atoms with van der Waals surface area (Å²) in [5.74, 6) is 0.930. The molecule has 0 atom stereocenters. The van der Waals surface area contributed by atoms with E-state index in [-0.39, 0.29) is 5.78 Å². The van der Waals surface area contributed by atoms with E-state index in [1.165, 1.54) is 0 Å². The summed E-state index contributed by atoms with van der Waals surface area (Å²) in [6.45, 7) is 6.00. The van der Waals surface area contributed by atoms with Crippen LogP contribution in [-0.2, 0) is 10.4 Å². The summed E-state index contributed by atoms with van der Waals surface area (Å²) in [6.07, 6.45) is 1.89. The van der Waals surface area contributed by atoms with E-state index in [9.17, 15) is 9.90 Å². The monoisotopic (exact) mass is 248 g/mol. The van der Waals surface area contributed by atoms with Crippen LogP contribution in [0.3, 0.4) is 0 Å². The third-order valence-corrected chi connectivity index (χ3v) is 3.24. The molecule has 18 heavy (non-hydrogen) atoms. The second-order valence-electron chi connectivity index (χ2n) is 4.27. The Hall–Kier alpha value is -1.61. The Labute approximate surface area is 108 Å². The molecule has 2 rings (SSSR count). The standard InChI is InChI=1S/C13H16O3.C2H4/c1-16-12-5-3-2-4-11(12)13(15)8-6-10(14)7-9-13;1-2/h2-5,15H,6-9H2,1H3;1-2H2. The first-order valence-electron chi connectivity index (χ1n) is 6.03. The average Bonchev–Trinajstić information content (AvgIpc) is 2.44. The Kier molecular flexibility index (Phi) is 5.10. The first kappa shape index (κ1) is 14.5. The highest BCUT2D eigenvalue weighted by Gasteiger charge is 2.35. The van der Waals surface area contributed by atoms with Gasteiger partial charge in [0.1, 0.15) is 11.5 Å². The number of carbonyl (C=O) groups is 1. The fraction of sp³-hybridized carbons (Fsp3) is 0.400. The molecule has 98 valence electrons. The zero-order chi connectivity index (χ0) is 13.6. The predicted octanol–water partition coefficient (Wildman–Crippen LogP) is 2.83. The van der Waals surface area contributed by atoms with Crippen LogP contribution in [0.1, 0.15) is 31.2 Å². The van der Waals surface area contributed by atoms with Gasteiger partial charge in [-0.3, -0.25) is 4.79 Å². The average molecular weight is 248 g/mol. The lowest BCUT2D eigenvalue weighted by Gasteiger charge is -2.32. The number of ether oxygens (including phenoxy) is 1. The second-order valence-corrected chi connectivity index (χ2v) is 4.27. The summed E-state index contributed by atoms with van der Waals surface area (Å²) >= 11 is 0. The first-order chi connectivity index (χ1) is 8.65. The summed E-state index contributed by atoms with van der Waals surface area (Å²) in [7, 11) is 1.59. The van der Waals surface area contributed by atoms with Crippen molar-refractivity contribution in [3.8, 4) is 5.75 Å². The SMILES string of the molecule is C=C.COc1ccccc1C1(O)CCC(=O)CC1. The molecular weight excluding hydrogens is 228 g/mol. The quantitative estimate of drug-likeness (QED) is 0.819. The molecule has 3 heteroatoms. The molecule has 3 nitrogen and oxygen atoms in total. The molecule has 0 radical (unpaired) electrons. The topological polar surface area (TPSA) is 46.5 Å². The fourth-order valence-electron chi connectivity index (χ4n) is 2.24. The maximum atomic E-state index is 11.2. The minimum atomic E-state index is -0.902. The van der Waals surface area contributed by atoms with E-state index < -0.39 is 5.60 Å². The lowest BCUT2D eigenvalue weighted by molar-refractivity contribution is -0.125. The molecule has 0 bridgehead atoms. The molecule has 0 aromatic heterocycles. The van der Waals surface area contributed by atoms with Crippen LogP contribution in [-0.4, -0.2) is 18.0 Å². The number of aliphatic hydroxyl groups is 1. The molecule has 1 fully saturated rings. The van der Waals surface area contributed by atoms with Crippen LogP contribution in [0.2, 0.25) is 0 Å². The van der Waals surface area contributed by atoms with Crippen molar-refractivity contribution in [3.63, 3.8) is 0 Å². The van der Waals surface area contributed by atoms with E-state index in [1.54, 1.807) is 7.11 Å². The van der Waals surface area contributed by atoms with Crippen molar-refractivity contribution in [1.29, 1.82) is 0 Å². The van der Waals surface area contributed by atoms with E-state index in [1.807, 2.05) is 24.3 Å². The summed E-state index contributed by atoms with van der Waals surface area (Å²) < 4.78 is 5.25. The summed E-state index contributed by atoms with van der Waals surface area (Å²) in [4.78, 5) is 11.2. The molecule has 0 saturated heterocycles. The highest BCUT2D eigenvalue weighted by molar-refractivity contribution is 5.79. The third kappa shape index (κ3) is 2.99. The first-order valence-corrected chi connectivity index (χ1v) is 6.03. The van der Waals surface area contributed by atoms with Crippen LogP contribution >= 0.6 is 0 Å². The minimum absolute atomic E-state index is 0.236. The van der Waals surface area contributed by atoms with Gasteiger partial charge in [-0.1, -0.05) is 18.2 Å². The van der Waals surface area contributed by atoms with Crippen LogP contribution in [0.5, 0.6) is 5.75 Å². The van der Waals surface area contributed by atoms with E-state index in [2.05, 4.69) is 13.2 Å². The van der Waals surface area contributed by atoms with Gasteiger partial charge < -0.3 is 9.84 Å². The van der Waals surface area contributed by atoms with Gasteiger partial charge in [-0.2, -0.15) is 0 Å². The zero-order valence-electron chi connectivity index (χ0n) is 10.8. The summed E-state index contributed by atoms with van der Waals surface area (Å²) in [5, 5.41) is 10.5. The molecule has 0 aliphatic heterocycles. The van der Waals surface area contributed by atoms with Gasteiger partial charge in [0.05, 0.1) is 12.7 Å². The van der Waals surface area contributed by atoms with Crippen molar-refractivity contribution in [2.24, 2.45) is 0 Å². The van der Waals surface area contributed by atoms with Crippen molar-refractivity contribution in [2.75, 3.05) is 7.11 Å². The van der Waals surface area contributed by atoms with Crippen molar-refractivity contribution in [2.45, 2.75) is 31.3 Å². The molecule has 1 N–H and O–H groups in total. The van der Waals surface area contributed by atoms with E-state index in [0.717, 1.165) is 5.56 Å². The number of ketones is 1. The Balaban J connectivity index is 0.000000771. The molecular formula is C15H20O3. The minimum Gasteiger partial charge on any atom is -0.496 e. The summed E-state index contributed by atoms with van der Waals surface area (Å²) in [6, 6.07) is 7.46. The van der Waals surface area contributed by atoms with E-state index >= 15 is 0 Å². The highest BCUT2D eigenvalue weighted by atomic mass is 16.5. The highest BCUT2D eigenvalue weighted by Crippen LogP contribution is 2.39. The molecule has 1 saturated carbocycles. The van der Waals surface area contributed by atoms with Crippen molar-refractivity contribution >= 4 is 5.78 Å². The van der Waals surface area contributed by atoms with Crippen LogP contribution in [0.25, 0.3) is 0 Å². The van der Waals surface area contributed by atoms with Crippen molar-refractivity contribution < 1.29 is 14.6 Å². The molecule has 1 aliphatic rings. The summed E-state index contributed by atoms with van der Waals surface area (Å²) in [5.41, 5.74) is -0.106. The molecule has 0 spiro atoms. The number of benzene rings is 1. The lowest BCUT2D eigenvalue weighted by atomic mass is 9.79. The smallest absolute Gasteiger partial charge is 0.133 e. The van der Waals surface area contributed by atoms with Crippen LogP contribution in [0.4, 0.5) is 0 Å². The normalized spacial score (nSPS) is 17.6. The van der Waals surface area contributed by atoms with Crippen LogP contribution < -0.4 is 4.74 Å². The zero-order valence-corrected chi connectivity index (χ0v) is 10.8. The Morgan fingerprint density at radius 1 is 1.22 bits per heavy atom. The van der Waals surface area contributed by atoms with E-state index in [4.69, 9.17) is 4.74 Å². The van der Waals surface area contributed by atoms with Gasteiger partial charge in [-0.15, -0.1) is 13.2 Å². The van der Waals surface area contributed by atoms with Crippen molar-refractivity contribution in [3.05, 3.63) is 43.0 Å². The number of para-hydroxylation sites is 1. The predicted molar refractivity (Wildman–Crippen MR) is 71.6 cm³/mol. The Bertz CT molecular complexity index is 402. The second kappa shape index (κ2) is 6.36. The lowest BCUT2D eigenvalue weighted by Crippen LogP contribution is -2.31. The number of methoxy groups -OCH3 is 1. The fourth-order valence-corrected chi connectivity index (χ4v) is 2.24. The third-order valence-electron chi connectivity index (χ3n) is 3.24. The van der Waals surface area contributed by atoms with Gasteiger partial charge in [0.2, 0.25) is 0 Å². The van der Waals surface area contributed by atoms with Gasteiger partial charge in [-0.05, 0) is 18.9 Å². The van der Waals surface area contributed by atoms with Gasteiger partial charge in [0.25, 0.3) is 0 Å². The molecule has 1 aromatic rings. The van der Waals surface area contributed by atoms with Crippen molar-refractivity contribution in [1.82, 2.24) is 0 Å². The number of carbonyl (C=O) groups excluding carboxylic acids is 1. The molecule has 1 aliphatic carbocycles. The molecule has 1 aromatic carbocycles. The Morgan fingerprint density at radius 3 is 2.33 bits per heavy atom. The van der Waals surface area contributed by atoms with Gasteiger partial charge in [0.15, 0.2) is 0 Å². The molecule has 0 unspecified atom stereocenters. The maximum Gasteiger partial charge on any atom is 0.133 e. The number of hydrogen-bond acceptors (Lipinski definition) is 3. The maximum absolute atomic E-state index is 11.2. The number of rotatable bonds is 2.